The Morgan fingerprint density at radius 2 is 2.11 bits per heavy atom. The number of aryl methyl sites for hydroxylation is 2. The van der Waals surface area contributed by atoms with Crippen LogP contribution in [0.25, 0.3) is 22.3 Å². The van der Waals surface area contributed by atoms with E-state index in [9.17, 15) is 9.90 Å². The van der Waals surface area contributed by atoms with E-state index in [4.69, 9.17) is 0 Å². The second-order valence-corrected chi connectivity index (χ2v) is 4.43. The van der Waals surface area contributed by atoms with Gasteiger partial charge in [-0.25, -0.2) is 9.78 Å². The summed E-state index contributed by atoms with van der Waals surface area (Å²) in [6.45, 7) is 0. The van der Waals surface area contributed by atoms with E-state index in [1.165, 1.54) is 10.9 Å². The van der Waals surface area contributed by atoms with Gasteiger partial charge < -0.3 is 9.67 Å². The zero-order valence-electron chi connectivity index (χ0n) is 10.5. The van der Waals surface area contributed by atoms with Crippen molar-refractivity contribution in [3.8, 4) is 11.3 Å². The fourth-order valence-corrected chi connectivity index (χ4v) is 2.14. The van der Waals surface area contributed by atoms with Gasteiger partial charge in [0, 0.05) is 25.9 Å². The zero-order valence-corrected chi connectivity index (χ0v) is 10.5. The van der Waals surface area contributed by atoms with E-state index in [0.717, 1.165) is 16.6 Å². The van der Waals surface area contributed by atoms with E-state index in [1.807, 2.05) is 29.8 Å². The number of hydrogen-bond acceptors (Lipinski definition) is 3. The van der Waals surface area contributed by atoms with Gasteiger partial charge in [0.25, 0.3) is 0 Å². The molecule has 96 valence electrons. The summed E-state index contributed by atoms with van der Waals surface area (Å²) < 4.78 is 3.41. The average molecular weight is 256 g/mol. The molecule has 0 bridgehead atoms. The van der Waals surface area contributed by atoms with Gasteiger partial charge >= 0.3 is 5.97 Å². The smallest absolute Gasteiger partial charge is 0.339 e. The van der Waals surface area contributed by atoms with Crippen molar-refractivity contribution >= 4 is 17.0 Å². The average Bonchev–Trinajstić information content (AvgIpc) is 2.93. The van der Waals surface area contributed by atoms with Crippen LogP contribution in [0.3, 0.4) is 0 Å². The lowest BCUT2D eigenvalue weighted by atomic mass is 10.1. The van der Waals surface area contributed by atoms with E-state index in [1.54, 1.807) is 13.4 Å². The van der Waals surface area contributed by atoms with Crippen molar-refractivity contribution in [2.24, 2.45) is 14.1 Å². The molecule has 0 aliphatic rings. The molecule has 0 saturated heterocycles. The number of hydrogen-bond donors (Lipinski definition) is 1. The number of nitrogens with zero attached hydrogens (tertiary/aromatic N) is 4. The molecule has 3 rings (SSSR count). The second-order valence-electron chi connectivity index (χ2n) is 4.43. The molecule has 0 spiro atoms. The van der Waals surface area contributed by atoms with Crippen molar-refractivity contribution < 1.29 is 9.90 Å². The van der Waals surface area contributed by atoms with Gasteiger partial charge in [0.15, 0.2) is 0 Å². The van der Waals surface area contributed by atoms with Crippen LogP contribution in [0.15, 0.2) is 30.7 Å². The Morgan fingerprint density at radius 3 is 2.84 bits per heavy atom. The molecule has 0 unspecified atom stereocenters. The SMILES string of the molecule is Cn1cc(C(=O)O)c(-c2ccc3c(c2)ncn3C)n1. The highest BCUT2D eigenvalue weighted by Crippen LogP contribution is 2.25. The number of aromatic carboxylic acids is 1. The Labute approximate surface area is 108 Å². The summed E-state index contributed by atoms with van der Waals surface area (Å²) in [4.78, 5) is 15.5. The maximum atomic E-state index is 11.2. The molecule has 0 amide bonds. The molecule has 6 heteroatoms. The van der Waals surface area contributed by atoms with Gasteiger partial charge in [0.05, 0.1) is 17.4 Å². The molecule has 0 aliphatic heterocycles. The Balaban J connectivity index is 2.21. The number of fused-ring (bicyclic) bond motifs is 1. The predicted molar refractivity (Wildman–Crippen MR) is 69.9 cm³/mol. The number of carbonyl (C=O) groups is 1. The van der Waals surface area contributed by atoms with Gasteiger partial charge in [-0.15, -0.1) is 0 Å². The topological polar surface area (TPSA) is 72.9 Å². The maximum absolute atomic E-state index is 11.2. The minimum absolute atomic E-state index is 0.192. The first kappa shape index (κ1) is 11.5. The third kappa shape index (κ3) is 1.77. The summed E-state index contributed by atoms with van der Waals surface area (Å²) in [6, 6.07) is 5.63. The standard InChI is InChI=1S/C13H12N4O2/c1-16-7-14-10-5-8(3-4-11(10)16)12-9(13(18)19)6-17(2)15-12/h3-7H,1-2H3,(H,18,19). The van der Waals surface area contributed by atoms with Crippen LogP contribution in [0.1, 0.15) is 10.4 Å². The minimum atomic E-state index is -0.982. The van der Waals surface area contributed by atoms with Gasteiger partial charge in [0.2, 0.25) is 0 Å². The van der Waals surface area contributed by atoms with Gasteiger partial charge in [0.1, 0.15) is 11.3 Å². The Kier molecular flexibility index (Phi) is 2.38. The van der Waals surface area contributed by atoms with Crippen molar-refractivity contribution in [3.63, 3.8) is 0 Å². The Bertz CT molecular complexity index is 785. The lowest BCUT2D eigenvalue weighted by molar-refractivity contribution is 0.0697. The lowest BCUT2D eigenvalue weighted by Gasteiger charge is -2.00. The highest BCUT2D eigenvalue weighted by molar-refractivity contribution is 5.95. The monoisotopic (exact) mass is 256 g/mol. The van der Waals surface area contributed by atoms with E-state index in [2.05, 4.69) is 10.1 Å². The van der Waals surface area contributed by atoms with E-state index < -0.39 is 5.97 Å². The molecule has 2 heterocycles. The summed E-state index contributed by atoms with van der Waals surface area (Å²) in [6.07, 6.45) is 3.23. The minimum Gasteiger partial charge on any atom is -0.478 e. The van der Waals surface area contributed by atoms with Crippen LogP contribution < -0.4 is 0 Å². The normalized spacial score (nSPS) is 11.1. The first-order valence-electron chi connectivity index (χ1n) is 5.74. The van der Waals surface area contributed by atoms with Crippen LogP contribution in [0.2, 0.25) is 0 Å². The number of carboxylic acid groups (broad SMARTS) is 1. The maximum Gasteiger partial charge on any atom is 0.339 e. The lowest BCUT2D eigenvalue weighted by Crippen LogP contribution is -1.96. The van der Waals surface area contributed by atoms with E-state index in [0.29, 0.717) is 5.69 Å². The van der Waals surface area contributed by atoms with E-state index >= 15 is 0 Å². The third-order valence-corrected chi connectivity index (χ3v) is 3.06. The van der Waals surface area contributed by atoms with E-state index in [-0.39, 0.29) is 5.56 Å². The largest absolute Gasteiger partial charge is 0.478 e. The van der Waals surface area contributed by atoms with Gasteiger partial charge in [-0.2, -0.15) is 5.10 Å². The second kappa shape index (κ2) is 3.94. The molecule has 6 nitrogen and oxygen atoms in total. The fourth-order valence-electron chi connectivity index (χ4n) is 2.14. The third-order valence-electron chi connectivity index (χ3n) is 3.06. The molecule has 0 fully saturated rings. The highest BCUT2D eigenvalue weighted by atomic mass is 16.4. The Hall–Kier alpha value is -2.63. The van der Waals surface area contributed by atoms with Crippen molar-refractivity contribution in [2.45, 2.75) is 0 Å². The van der Waals surface area contributed by atoms with Crippen LogP contribution in [-0.2, 0) is 14.1 Å². The number of carboxylic acids is 1. The summed E-state index contributed by atoms with van der Waals surface area (Å²) >= 11 is 0. The molecule has 2 aromatic heterocycles. The van der Waals surface area contributed by atoms with Crippen LogP contribution in [0.4, 0.5) is 0 Å². The van der Waals surface area contributed by atoms with Crippen LogP contribution in [0.5, 0.6) is 0 Å². The molecular formula is C13H12N4O2. The number of imidazole rings is 1. The number of benzene rings is 1. The Morgan fingerprint density at radius 1 is 1.32 bits per heavy atom. The first-order valence-corrected chi connectivity index (χ1v) is 5.74. The zero-order chi connectivity index (χ0) is 13.6. The molecule has 1 N–H and O–H groups in total. The molecule has 1 aromatic carbocycles. The van der Waals surface area contributed by atoms with Gasteiger partial charge in [-0.1, -0.05) is 6.07 Å². The summed E-state index contributed by atoms with van der Waals surface area (Å²) in [5.74, 6) is -0.982. The van der Waals surface area contributed by atoms with Crippen molar-refractivity contribution in [1.82, 2.24) is 19.3 Å². The van der Waals surface area contributed by atoms with Gasteiger partial charge in [-0.3, -0.25) is 4.68 Å². The first-order chi connectivity index (χ1) is 9.06. The van der Waals surface area contributed by atoms with Crippen molar-refractivity contribution in [1.29, 1.82) is 0 Å². The molecule has 0 radical (unpaired) electrons. The molecular weight excluding hydrogens is 244 g/mol. The highest BCUT2D eigenvalue weighted by Gasteiger charge is 2.16. The molecule has 0 aliphatic carbocycles. The van der Waals surface area contributed by atoms with Crippen molar-refractivity contribution in [2.75, 3.05) is 0 Å². The van der Waals surface area contributed by atoms with Crippen molar-refractivity contribution in [3.05, 3.63) is 36.3 Å². The summed E-state index contributed by atoms with van der Waals surface area (Å²) in [5.41, 5.74) is 3.23. The quantitative estimate of drug-likeness (QED) is 0.757. The van der Waals surface area contributed by atoms with Crippen LogP contribution >= 0.6 is 0 Å². The van der Waals surface area contributed by atoms with Crippen LogP contribution in [-0.4, -0.2) is 30.4 Å². The molecule has 0 atom stereocenters. The molecule has 19 heavy (non-hydrogen) atoms. The molecule has 0 saturated carbocycles. The number of aromatic nitrogens is 4. The number of rotatable bonds is 2. The molecule has 3 aromatic rings. The fraction of sp³-hybridized carbons (Fsp3) is 0.154. The predicted octanol–water partition coefficient (Wildman–Crippen LogP) is 1.67. The summed E-state index contributed by atoms with van der Waals surface area (Å²) in [5, 5.41) is 13.4. The van der Waals surface area contributed by atoms with Gasteiger partial charge in [-0.05, 0) is 12.1 Å². The summed E-state index contributed by atoms with van der Waals surface area (Å²) in [7, 11) is 3.62. The van der Waals surface area contributed by atoms with Crippen LogP contribution in [0, 0.1) is 0 Å².